The van der Waals surface area contributed by atoms with Crippen molar-refractivity contribution in [2.24, 2.45) is 0 Å². The molecule has 3 aromatic rings. The normalized spacial score (nSPS) is 10.9. The van der Waals surface area contributed by atoms with Crippen LogP contribution >= 0.6 is 15.9 Å². The van der Waals surface area contributed by atoms with E-state index < -0.39 is 0 Å². The number of imidazole rings is 1. The topological polar surface area (TPSA) is 26.5 Å². The van der Waals surface area contributed by atoms with Crippen molar-refractivity contribution in [1.29, 1.82) is 0 Å². The summed E-state index contributed by atoms with van der Waals surface area (Å²) in [5.41, 5.74) is 4.14. The van der Waals surface area contributed by atoms with Crippen LogP contribution in [0.25, 0.3) is 16.9 Å². The minimum Gasteiger partial charge on any atom is -0.497 e. The smallest absolute Gasteiger partial charge is 0.138 e. The molecular formula is C15H13BrN2O. The number of hydrogen-bond acceptors (Lipinski definition) is 2. The van der Waals surface area contributed by atoms with Gasteiger partial charge in [0.25, 0.3) is 0 Å². The molecular weight excluding hydrogens is 304 g/mol. The molecule has 0 fully saturated rings. The molecule has 19 heavy (non-hydrogen) atoms. The molecule has 3 nitrogen and oxygen atoms in total. The van der Waals surface area contributed by atoms with Crippen molar-refractivity contribution in [1.82, 2.24) is 9.38 Å². The van der Waals surface area contributed by atoms with E-state index in [4.69, 9.17) is 4.74 Å². The first kappa shape index (κ1) is 12.2. The van der Waals surface area contributed by atoms with Gasteiger partial charge in [-0.05, 0) is 58.7 Å². The van der Waals surface area contributed by atoms with E-state index in [1.165, 1.54) is 5.56 Å². The molecule has 0 aliphatic carbocycles. The summed E-state index contributed by atoms with van der Waals surface area (Å²) in [6.45, 7) is 2.07. The van der Waals surface area contributed by atoms with E-state index in [2.05, 4.69) is 44.5 Å². The molecule has 0 radical (unpaired) electrons. The molecule has 2 heterocycles. The number of aromatic nitrogens is 2. The van der Waals surface area contributed by atoms with Crippen LogP contribution in [0.2, 0.25) is 0 Å². The molecule has 0 atom stereocenters. The highest BCUT2D eigenvalue weighted by atomic mass is 79.9. The summed E-state index contributed by atoms with van der Waals surface area (Å²) in [5.74, 6) is 0.847. The maximum absolute atomic E-state index is 5.17. The molecule has 0 saturated heterocycles. The third kappa shape index (κ3) is 2.12. The number of rotatable bonds is 2. The minimum atomic E-state index is 0.847. The summed E-state index contributed by atoms with van der Waals surface area (Å²) in [6, 6.07) is 12.0. The average molecular weight is 317 g/mol. The van der Waals surface area contributed by atoms with Gasteiger partial charge in [0, 0.05) is 11.8 Å². The van der Waals surface area contributed by atoms with Gasteiger partial charge in [0.2, 0.25) is 0 Å². The van der Waals surface area contributed by atoms with Crippen molar-refractivity contribution < 1.29 is 4.74 Å². The number of methoxy groups -OCH3 is 1. The standard InChI is InChI=1S/C15H13BrN2O/c1-10-3-8-13-17-14(15(16)18(13)9-10)11-4-6-12(19-2)7-5-11/h3-9H,1-2H3. The summed E-state index contributed by atoms with van der Waals surface area (Å²) >= 11 is 3.63. The number of ether oxygens (including phenoxy) is 1. The van der Waals surface area contributed by atoms with E-state index in [-0.39, 0.29) is 0 Å². The predicted molar refractivity (Wildman–Crippen MR) is 79.6 cm³/mol. The van der Waals surface area contributed by atoms with Crippen molar-refractivity contribution in [2.45, 2.75) is 6.92 Å². The molecule has 0 aliphatic heterocycles. The largest absolute Gasteiger partial charge is 0.497 e. The molecule has 4 heteroatoms. The molecule has 0 aliphatic rings. The fourth-order valence-corrected chi connectivity index (χ4v) is 2.66. The Balaban J connectivity index is 2.16. The third-order valence-electron chi connectivity index (χ3n) is 3.07. The Hall–Kier alpha value is -1.81. The van der Waals surface area contributed by atoms with Crippen LogP contribution in [0.15, 0.2) is 47.2 Å². The van der Waals surface area contributed by atoms with Gasteiger partial charge in [-0.1, -0.05) is 6.07 Å². The first-order chi connectivity index (χ1) is 9.19. The van der Waals surface area contributed by atoms with Crippen LogP contribution in [0.5, 0.6) is 5.75 Å². The third-order valence-corrected chi connectivity index (χ3v) is 3.83. The first-order valence-electron chi connectivity index (χ1n) is 5.97. The Labute approximate surface area is 120 Å². The fraction of sp³-hybridized carbons (Fsp3) is 0.133. The summed E-state index contributed by atoms with van der Waals surface area (Å²) < 4.78 is 8.19. The lowest BCUT2D eigenvalue weighted by molar-refractivity contribution is 0.415. The van der Waals surface area contributed by atoms with Crippen LogP contribution in [-0.2, 0) is 0 Å². The van der Waals surface area contributed by atoms with Crippen molar-refractivity contribution in [3.8, 4) is 17.0 Å². The van der Waals surface area contributed by atoms with Crippen molar-refractivity contribution in [3.63, 3.8) is 0 Å². The molecule has 0 saturated carbocycles. The first-order valence-corrected chi connectivity index (χ1v) is 6.77. The molecule has 0 amide bonds. The van der Waals surface area contributed by atoms with Gasteiger partial charge in [0.1, 0.15) is 21.7 Å². The zero-order valence-corrected chi connectivity index (χ0v) is 12.3. The second-order valence-electron chi connectivity index (χ2n) is 4.41. The second kappa shape index (κ2) is 4.70. The van der Waals surface area contributed by atoms with Crippen LogP contribution in [-0.4, -0.2) is 16.5 Å². The molecule has 0 N–H and O–H groups in total. The van der Waals surface area contributed by atoms with E-state index in [9.17, 15) is 0 Å². The Bertz CT molecular complexity index is 732. The van der Waals surface area contributed by atoms with E-state index in [0.717, 1.165) is 27.3 Å². The van der Waals surface area contributed by atoms with E-state index in [1.54, 1.807) is 7.11 Å². The quantitative estimate of drug-likeness (QED) is 0.712. The zero-order valence-electron chi connectivity index (χ0n) is 10.7. The Morgan fingerprint density at radius 1 is 1.11 bits per heavy atom. The SMILES string of the molecule is COc1ccc(-c2nc3ccc(C)cn3c2Br)cc1. The summed E-state index contributed by atoms with van der Waals surface area (Å²) in [5, 5.41) is 0. The van der Waals surface area contributed by atoms with Crippen LogP contribution in [0.1, 0.15) is 5.56 Å². The lowest BCUT2D eigenvalue weighted by Gasteiger charge is -2.01. The highest BCUT2D eigenvalue weighted by Gasteiger charge is 2.11. The maximum atomic E-state index is 5.17. The fourth-order valence-electron chi connectivity index (χ4n) is 2.05. The molecule has 2 aromatic heterocycles. The number of nitrogens with zero attached hydrogens (tertiary/aromatic N) is 2. The second-order valence-corrected chi connectivity index (χ2v) is 5.17. The maximum Gasteiger partial charge on any atom is 0.138 e. The van der Waals surface area contributed by atoms with Crippen LogP contribution in [0.4, 0.5) is 0 Å². The minimum absolute atomic E-state index is 0.847. The van der Waals surface area contributed by atoms with E-state index >= 15 is 0 Å². The number of pyridine rings is 1. The predicted octanol–water partition coefficient (Wildman–Crippen LogP) is 4.08. The summed E-state index contributed by atoms with van der Waals surface area (Å²) in [4.78, 5) is 4.65. The average Bonchev–Trinajstić information content (AvgIpc) is 2.76. The zero-order chi connectivity index (χ0) is 13.4. The highest BCUT2D eigenvalue weighted by Crippen LogP contribution is 2.30. The van der Waals surface area contributed by atoms with Gasteiger partial charge in [-0.15, -0.1) is 0 Å². The van der Waals surface area contributed by atoms with Crippen LogP contribution in [0.3, 0.4) is 0 Å². The summed E-state index contributed by atoms with van der Waals surface area (Å²) in [6.07, 6.45) is 2.07. The molecule has 0 unspecified atom stereocenters. The van der Waals surface area contributed by atoms with Gasteiger partial charge >= 0.3 is 0 Å². The molecule has 3 rings (SSSR count). The summed E-state index contributed by atoms with van der Waals surface area (Å²) in [7, 11) is 1.67. The van der Waals surface area contributed by atoms with Gasteiger partial charge in [-0.25, -0.2) is 4.98 Å². The van der Waals surface area contributed by atoms with Gasteiger partial charge in [-0.3, -0.25) is 4.40 Å². The van der Waals surface area contributed by atoms with Gasteiger partial charge in [0.15, 0.2) is 0 Å². The van der Waals surface area contributed by atoms with E-state index in [1.807, 2.05) is 30.3 Å². The van der Waals surface area contributed by atoms with Gasteiger partial charge in [-0.2, -0.15) is 0 Å². The molecule has 0 bridgehead atoms. The number of hydrogen-bond donors (Lipinski definition) is 0. The Morgan fingerprint density at radius 2 is 1.84 bits per heavy atom. The Morgan fingerprint density at radius 3 is 2.53 bits per heavy atom. The highest BCUT2D eigenvalue weighted by molar-refractivity contribution is 9.10. The number of benzene rings is 1. The van der Waals surface area contributed by atoms with Gasteiger partial charge < -0.3 is 4.74 Å². The number of halogens is 1. The monoisotopic (exact) mass is 316 g/mol. The van der Waals surface area contributed by atoms with Crippen molar-refractivity contribution in [3.05, 3.63) is 52.8 Å². The lowest BCUT2D eigenvalue weighted by Crippen LogP contribution is -1.85. The Kier molecular flexibility index (Phi) is 3.03. The van der Waals surface area contributed by atoms with Crippen molar-refractivity contribution >= 4 is 21.6 Å². The van der Waals surface area contributed by atoms with E-state index in [0.29, 0.717) is 0 Å². The lowest BCUT2D eigenvalue weighted by atomic mass is 10.2. The van der Waals surface area contributed by atoms with Crippen molar-refractivity contribution in [2.75, 3.05) is 7.11 Å². The van der Waals surface area contributed by atoms with Gasteiger partial charge in [0.05, 0.1) is 7.11 Å². The molecule has 1 aromatic carbocycles. The van der Waals surface area contributed by atoms with Crippen LogP contribution in [0, 0.1) is 6.92 Å². The number of aryl methyl sites for hydroxylation is 1. The number of fused-ring (bicyclic) bond motifs is 1. The molecule has 96 valence electrons. The molecule has 0 spiro atoms. The van der Waals surface area contributed by atoms with Crippen LogP contribution < -0.4 is 4.74 Å².